The summed E-state index contributed by atoms with van der Waals surface area (Å²) in [5.41, 5.74) is 1.55. The molecule has 3 aromatic rings. The summed E-state index contributed by atoms with van der Waals surface area (Å²) in [6.45, 7) is 1.90. The number of hydrogen-bond donors (Lipinski definition) is 0. The molecular weight excluding hydrogens is 350 g/mol. The number of ether oxygens (including phenoxy) is 1. The number of thiazole rings is 1. The summed E-state index contributed by atoms with van der Waals surface area (Å²) in [6.07, 6.45) is 0. The normalized spacial score (nSPS) is 10.8. The van der Waals surface area contributed by atoms with Gasteiger partial charge in [0.1, 0.15) is 17.4 Å². The van der Waals surface area contributed by atoms with Crippen molar-refractivity contribution < 1.29 is 9.53 Å². The third-order valence-corrected chi connectivity index (χ3v) is 4.51. The topological polar surface area (TPSA) is 39.2 Å². The molecule has 0 aliphatic rings. The SMILES string of the molecule is CC(=O)c1cc(Br)ccc1OCc1nc2ccccc2s1. The number of para-hydroxylation sites is 1. The Morgan fingerprint density at radius 3 is 2.86 bits per heavy atom. The van der Waals surface area contributed by atoms with Crippen LogP contribution in [0.5, 0.6) is 5.75 Å². The number of carbonyl (C=O) groups excluding carboxylic acids is 1. The predicted molar refractivity (Wildman–Crippen MR) is 88.1 cm³/mol. The molecule has 0 saturated heterocycles. The molecule has 0 aliphatic heterocycles. The number of halogens is 1. The highest BCUT2D eigenvalue weighted by atomic mass is 79.9. The minimum absolute atomic E-state index is 0.0180. The summed E-state index contributed by atoms with van der Waals surface area (Å²) < 4.78 is 7.77. The van der Waals surface area contributed by atoms with Crippen LogP contribution in [0.1, 0.15) is 22.3 Å². The van der Waals surface area contributed by atoms with Gasteiger partial charge in [-0.05, 0) is 37.3 Å². The lowest BCUT2D eigenvalue weighted by molar-refractivity contribution is 0.101. The van der Waals surface area contributed by atoms with Gasteiger partial charge in [0.05, 0.1) is 15.8 Å². The number of hydrogen-bond acceptors (Lipinski definition) is 4. The molecule has 0 bridgehead atoms. The van der Waals surface area contributed by atoms with E-state index in [1.165, 1.54) is 6.92 Å². The van der Waals surface area contributed by atoms with Gasteiger partial charge >= 0.3 is 0 Å². The maximum atomic E-state index is 11.7. The molecule has 21 heavy (non-hydrogen) atoms. The van der Waals surface area contributed by atoms with E-state index in [4.69, 9.17) is 4.74 Å². The largest absolute Gasteiger partial charge is 0.486 e. The summed E-state index contributed by atoms with van der Waals surface area (Å²) in [4.78, 5) is 16.2. The predicted octanol–water partition coefficient (Wildman–Crippen LogP) is 4.84. The highest BCUT2D eigenvalue weighted by Crippen LogP contribution is 2.26. The number of carbonyl (C=O) groups is 1. The lowest BCUT2D eigenvalue weighted by atomic mass is 10.1. The summed E-state index contributed by atoms with van der Waals surface area (Å²) in [5, 5.41) is 0.897. The van der Waals surface area contributed by atoms with E-state index < -0.39 is 0 Å². The molecule has 5 heteroatoms. The van der Waals surface area contributed by atoms with Crippen molar-refractivity contribution in [2.45, 2.75) is 13.5 Å². The number of aromatic nitrogens is 1. The van der Waals surface area contributed by atoms with Crippen LogP contribution in [0, 0.1) is 0 Å². The highest BCUT2D eigenvalue weighted by molar-refractivity contribution is 9.10. The molecule has 106 valence electrons. The number of fused-ring (bicyclic) bond motifs is 1. The van der Waals surface area contributed by atoms with Gasteiger partial charge in [0.2, 0.25) is 0 Å². The smallest absolute Gasteiger partial charge is 0.163 e. The zero-order chi connectivity index (χ0) is 14.8. The third-order valence-electron chi connectivity index (χ3n) is 3.01. The first-order chi connectivity index (χ1) is 10.1. The molecule has 0 fully saturated rings. The molecule has 0 atom stereocenters. The number of Topliss-reactive ketones (excluding diaryl/α,β-unsaturated/α-hetero) is 1. The monoisotopic (exact) mass is 361 g/mol. The lowest BCUT2D eigenvalue weighted by Crippen LogP contribution is -2.01. The van der Waals surface area contributed by atoms with Crippen LogP contribution in [-0.2, 0) is 6.61 Å². The number of rotatable bonds is 4. The van der Waals surface area contributed by atoms with E-state index in [9.17, 15) is 4.79 Å². The Hall–Kier alpha value is -1.72. The maximum absolute atomic E-state index is 11.7. The quantitative estimate of drug-likeness (QED) is 0.624. The van der Waals surface area contributed by atoms with E-state index in [1.807, 2.05) is 30.3 Å². The molecule has 0 saturated carbocycles. The number of nitrogens with zero attached hydrogens (tertiary/aromatic N) is 1. The van der Waals surface area contributed by atoms with E-state index in [-0.39, 0.29) is 5.78 Å². The van der Waals surface area contributed by atoms with Crippen molar-refractivity contribution in [1.29, 1.82) is 0 Å². The second kappa shape index (κ2) is 5.95. The first-order valence-electron chi connectivity index (χ1n) is 6.41. The molecule has 3 rings (SSSR count). The van der Waals surface area contributed by atoms with E-state index >= 15 is 0 Å². The molecule has 0 N–H and O–H groups in total. The van der Waals surface area contributed by atoms with Crippen LogP contribution in [0.25, 0.3) is 10.2 Å². The Morgan fingerprint density at radius 1 is 1.29 bits per heavy atom. The Labute approximate surface area is 134 Å². The highest BCUT2D eigenvalue weighted by Gasteiger charge is 2.10. The van der Waals surface area contributed by atoms with Gasteiger partial charge < -0.3 is 4.74 Å². The molecule has 0 radical (unpaired) electrons. The van der Waals surface area contributed by atoms with E-state index in [2.05, 4.69) is 20.9 Å². The van der Waals surface area contributed by atoms with Crippen molar-refractivity contribution in [3.63, 3.8) is 0 Å². The molecule has 0 aliphatic carbocycles. The van der Waals surface area contributed by atoms with E-state index in [0.29, 0.717) is 17.9 Å². The first-order valence-corrected chi connectivity index (χ1v) is 8.02. The van der Waals surface area contributed by atoms with Crippen LogP contribution in [0.4, 0.5) is 0 Å². The average Bonchev–Trinajstić information content (AvgIpc) is 2.88. The van der Waals surface area contributed by atoms with Crippen molar-refractivity contribution in [2.24, 2.45) is 0 Å². The van der Waals surface area contributed by atoms with Gasteiger partial charge in [0.15, 0.2) is 5.78 Å². The molecule has 1 heterocycles. The van der Waals surface area contributed by atoms with Crippen molar-refractivity contribution in [3.05, 3.63) is 57.5 Å². The molecule has 1 aromatic heterocycles. The average molecular weight is 362 g/mol. The fourth-order valence-corrected chi connectivity index (χ4v) is 3.27. The van der Waals surface area contributed by atoms with Gasteiger partial charge in [0, 0.05) is 4.47 Å². The first kappa shape index (κ1) is 14.2. The fourth-order valence-electron chi connectivity index (χ4n) is 2.02. The summed E-state index contributed by atoms with van der Waals surface area (Å²) in [7, 11) is 0. The van der Waals surface area contributed by atoms with Crippen molar-refractivity contribution >= 4 is 43.3 Å². The van der Waals surface area contributed by atoms with Crippen LogP contribution in [0.15, 0.2) is 46.9 Å². The van der Waals surface area contributed by atoms with Crippen molar-refractivity contribution in [3.8, 4) is 5.75 Å². The minimum atomic E-state index is -0.0180. The number of benzene rings is 2. The molecule has 0 unspecified atom stereocenters. The maximum Gasteiger partial charge on any atom is 0.163 e. The van der Waals surface area contributed by atoms with Gasteiger partial charge in [-0.2, -0.15) is 0 Å². The van der Waals surface area contributed by atoms with Crippen LogP contribution < -0.4 is 4.74 Å². The lowest BCUT2D eigenvalue weighted by Gasteiger charge is -2.08. The van der Waals surface area contributed by atoms with Gasteiger partial charge in [-0.25, -0.2) is 4.98 Å². The molecular formula is C16H12BrNO2S. The zero-order valence-corrected chi connectivity index (χ0v) is 13.7. The minimum Gasteiger partial charge on any atom is -0.486 e. The molecule has 3 nitrogen and oxygen atoms in total. The Kier molecular flexibility index (Phi) is 4.03. The Bertz CT molecular complexity index is 780. The van der Waals surface area contributed by atoms with E-state index in [1.54, 1.807) is 23.5 Å². The van der Waals surface area contributed by atoms with Crippen LogP contribution in [-0.4, -0.2) is 10.8 Å². The summed E-state index contributed by atoms with van der Waals surface area (Å²) in [5.74, 6) is 0.570. The van der Waals surface area contributed by atoms with Gasteiger partial charge in [-0.3, -0.25) is 4.79 Å². The van der Waals surface area contributed by atoms with E-state index in [0.717, 1.165) is 19.7 Å². The van der Waals surface area contributed by atoms with Gasteiger partial charge in [-0.15, -0.1) is 11.3 Å². The van der Waals surface area contributed by atoms with Gasteiger partial charge in [-0.1, -0.05) is 28.1 Å². The zero-order valence-electron chi connectivity index (χ0n) is 11.3. The molecule has 0 spiro atoms. The third kappa shape index (κ3) is 3.14. The fraction of sp³-hybridized carbons (Fsp3) is 0.125. The van der Waals surface area contributed by atoms with Crippen LogP contribution >= 0.6 is 27.3 Å². The summed E-state index contributed by atoms with van der Waals surface area (Å²) >= 11 is 4.97. The van der Waals surface area contributed by atoms with Crippen LogP contribution in [0.3, 0.4) is 0 Å². The number of ketones is 1. The second-order valence-electron chi connectivity index (χ2n) is 4.56. The van der Waals surface area contributed by atoms with Crippen molar-refractivity contribution in [2.75, 3.05) is 0 Å². The molecule has 2 aromatic carbocycles. The summed E-state index contributed by atoms with van der Waals surface area (Å²) in [6, 6.07) is 13.4. The Morgan fingerprint density at radius 2 is 2.10 bits per heavy atom. The van der Waals surface area contributed by atoms with Crippen LogP contribution in [0.2, 0.25) is 0 Å². The Balaban J connectivity index is 1.83. The van der Waals surface area contributed by atoms with Gasteiger partial charge in [0.25, 0.3) is 0 Å². The van der Waals surface area contributed by atoms with Crippen molar-refractivity contribution in [1.82, 2.24) is 4.98 Å². The second-order valence-corrected chi connectivity index (χ2v) is 6.59. The molecule has 0 amide bonds. The standard InChI is InChI=1S/C16H12BrNO2S/c1-10(19)12-8-11(17)6-7-14(12)20-9-16-18-13-4-2-3-5-15(13)21-16/h2-8H,9H2,1H3.